The van der Waals surface area contributed by atoms with Crippen molar-refractivity contribution in [1.82, 2.24) is 29.9 Å². The summed E-state index contributed by atoms with van der Waals surface area (Å²) in [5.74, 6) is -2.49. The van der Waals surface area contributed by atoms with Crippen LogP contribution in [0.1, 0.15) is 0 Å². The number of phenolic OH excluding ortho intramolecular Hbond substituents is 2. The first-order chi connectivity index (χ1) is 40.7. The molecule has 10 N–H and O–H groups in total. The number of benzene rings is 9. The molecular formula is C52H34Cl2N14O14S4. The van der Waals surface area contributed by atoms with Gasteiger partial charge in [-0.05, 0) is 142 Å². The second kappa shape index (κ2) is 22.4. The molecule has 0 aliphatic carbocycles. The van der Waals surface area contributed by atoms with Crippen molar-refractivity contribution < 1.29 is 62.1 Å². The lowest BCUT2D eigenvalue weighted by molar-refractivity contribution is 0.473. The molecule has 0 amide bonds. The van der Waals surface area contributed by atoms with Gasteiger partial charge in [0, 0.05) is 32.9 Å². The molecule has 2 aromatic heterocycles. The quantitative estimate of drug-likeness (QED) is 0.0244. The molecule has 434 valence electrons. The minimum Gasteiger partial charge on any atom is -0.505 e. The van der Waals surface area contributed by atoms with Crippen LogP contribution in [0.4, 0.5) is 69.3 Å². The van der Waals surface area contributed by atoms with E-state index in [4.69, 9.17) is 23.2 Å². The minimum absolute atomic E-state index is 0.0634. The summed E-state index contributed by atoms with van der Waals surface area (Å²) in [5.41, 5.74) is -0.00606. The average molecular weight is 1280 g/mol. The van der Waals surface area contributed by atoms with Gasteiger partial charge in [0.25, 0.3) is 40.5 Å². The lowest BCUT2D eigenvalue weighted by Gasteiger charge is -2.15. The standard InChI is InChI=1S/C52H34Cl2N14O14S4/c53-47-59-49(63-51(61-47)57-43-39(85(77,78)79)23-27-21-31(17-19-33(27)45(43)69)65-67-35-9-1-5-25-7-3-11-37(41(25)35)83(71,72)73)55-29-13-15-30(16-14-29)56-50-60-48(54)62-52(64-50)58-44-40(86(80,81)82)24-28-22-32(18-20-34(28)46(44)70)66-68-36-10-2-6-26-8-4-12-38(42(26)36)84(74,75)76/h1-24,69-70H,(H,71,72,73)(H,74,75,76)(H,77,78,79)(H,80,81,82)(H2,55,57,59,61,63)(H2,56,58,60,62,64). The highest BCUT2D eigenvalue weighted by atomic mass is 35.5. The summed E-state index contributed by atoms with van der Waals surface area (Å²) in [7, 11) is -19.5. The van der Waals surface area contributed by atoms with E-state index < -0.39 is 93.5 Å². The van der Waals surface area contributed by atoms with Crippen molar-refractivity contribution in [3.63, 3.8) is 0 Å². The summed E-state index contributed by atoms with van der Waals surface area (Å²) in [4.78, 5) is 22.2. The molecule has 11 aromatic rings. The fourth-order valence-corrected chi connectivity index (χ4v) is 12.1. The van der Waals surface area contributed by atoms with Crippen LogP contribution in [0.2, 0.25) is 10.6 Å². The van der Waals surface area contributed by atoms with Crippen molar-refractivity contribution in [3.05, 3.63) is 156 Å². The van der Waals surface area contributed by atoms with Crippen LogP contribution in [0, 0.1) is 0 Å². The van der Waals surface area contributed by atoms with E-state index in [1.807, 2.05) is 0 Å². The van der Waals surface area contributed by atoms with E-state index in [1.165, 1.54) is 97.1 Å². The summed E-state index contributed by atoms with van der Waals surface area (Å²) in [6.45, 7) is 0. The van der Waals surface area contributed by atoms with Gasteiger partial charge in [0.15, 0.2) is 0 Å². The molecule has 0 atom stereocenters. The van der Waals surface area contributed by atoms with Gasteiger partial charge in [-0.15, -0.1) is 10.2 Å². The van der Waals surface area contributed by atoms with E-state index in [0.717, 1.165) is 12.1 Å². The van der Waals surface area contributed by atoms with Gasteiger partial charge in [0.1, 0.15) is 42.5 Å². The summed E-state index contributed by atoms with van der Waals surface area (Å²) in [5, 5.41) is 51.2. The molecule has 0 saturated heterocycles. The maximum Gasteiger partial charge on any atom is 0.296 e. The topological polar surface area (TPSA) is 433 Å². The van der Waals surface area contributed by atoms with E-state index >= 15 is 0 Å². The number of fused-ring (bicyclic) bond motifs is 4. The van der Waals surface area contributed by atoms with Crippen molar-refractivity contribution >= 4 is 176 Å². The minimum atomic E-state index is -5.09. The number of azo groups is 2. The number of hydrogen-bond donors (Lipinski definition) is 10. The van der Waals surface area contributed by atoms with E-state index in [-0.39, 0.29) is 78.9 Å². The number of aromatic nitrogens is 6. The third-order valence-electron chi connectivity index (χ3n) is 12.6. The van der Waals surface area contributed by atoms with Crippen LogP contribution in [0.15, 0.2) is 186 Å². The van der Waals surface area contributed by atoms with Crippen LogP contribution < -0.4 is 21.3 Å². The first kappa shape index (κ1) is 58.1. The Morgan fingerprint density at radius 2 is 0.698 bits per heavy atom. The average Bonchev–Trinajstić information content (AvgIpc) is 0.918. The van der Waals surface area contributed by atoms with Crippen molar-refractivity contribution in [2.75, 3.05) is 21.3 Å². The number of halogens is 2. The van der Waals surface area contributed by atoms with Gasteiger partial charge in [0.2, 0.25) is 34.4 Å². The van der Waals surface area contributed by atoms with Crippen molar-refractivity contribution in [2.24, 2.45) is 20.5 Å². The Morgan fingerprint density at radius 1 is 0.360 bits per heavy atom. The molecular weight excluding hydrogens is 1240 g/mol. The van der Waals surface area contributed by atoms with E-state index in [2.05, 4.69) is 71.6 Å². The number of nitrogens with zero attached hydrogens (tertiary/aromatic N) is 10. The van der Waals surface area contributed by atoms with Gasteiger partial charge in [0.05, 0.1) is 22.7 Å². The Labute approximate surface area is 494 Å². The van der Waals surface area contributed by atoms with Gasteiger partial charge >= 0.3 is 0 Å². The highest BCUT2D eigenvalue weighted by Gasteiger charge is 2.26. The number of hydrogen-bond acceptors (Lipinski definition) is 24. The maximum atomic E-state index is 12.8. The van der Waals surface area contributed by atoms with Crippen LogP contribution in [-0.4, -0.2) is 92.0 Å². The molecule has 0 unspecified atom stereocenters. The zero-order valence-corrected chi connectivity index (χ0v) is 47.4. The van der Waals surface area contributed by atoms with Gasteiger partial charge in [-0.1, -0.05) is 48.5 Å². The van der Waals surface area contributed by atoms with Crippen LogP contribution in [0.3, 0.4) is 0 Å². The van der Waals surface area contributed by atoms with Crippen molar-refractivity contribution in [1.29, 1.82) is 0 Å². The molecule has 9 aromatic carbocycles. The van der Waals surface area contributed by atoms with Gasteiger partial charge in [-0.25, -0.2) is 0 Å². The Kier molecular flexibility index (Phi) is 15.1. The predicted molar refractivity (Wildman–Crippen MR) is 316 cm³/mol. The zero-order chi connectivity index (χ0) is 61.0. The lowest BCUT2D eigenvalue weighted by atomic mass is 10.1. The van der Waals surface area contributed by atoms with E-state index in [9.17, 15) is 62.1 Å². The first-order valence-corrected chi connectivity index (χ1v) is 30.6. The highest BCUT2D eigenvalue weighted by molar-refractivity contribution is 7.86. The molecule has 11 rings (SSSR count). The third kappa shape index (κ3) is 12.3. The number of aromatic hydroxyl groups is 2. The van der Waals surface area contributed by atoms with E-state index in [1.54, 1.807) is 36.4 Å². The maximum absolute atomic E-state index is 12.8. The Bertz CT molecular complexity index is 4880. The summed E-state index contributed by atoms with van der Waals surface area (Å²) in [6, 6.07) is 34.4. The monoisotopic (exact) mass is 1280 g/mol. The molecule has 0 bridgehead atoms. The van der Waals surface area contributed by atoms with Crippen LogP contribution in [-0.2, 0) is 40.5 Å². The molecule has 0 spiro atoms. The summed E-state index contributed by atoms with van der Waals surface area (Å²) < 4.78 is 140. The molecule has 0 aliphatic rings. The van der Waals surface area contributed by atoms with Crippen LogP contribution >= 0.6 is 23.2 Å². The largest absolute Gasteiger partial charge is 0.505 e. The fraction of sp³-hybridized carbons (Fsp3) is 0. The molecule has 86 heavy (non-hydrogen) atoms. The van der Waals surface area contributed by atoms with Crippen LogP contribution in [0.5, 0.6) is 11.5 Å². The summed E-state index contributed by atoms with van der Waals surface area (Å²) in [6.07, 6.45) is 0. The molecule has 0 aliphatic heterocycles. The molecule has 34 heteroatoms. The molecule has 2 heterocycles. The molecule has 28 nitrogen and oxygen atoms in total. The fourth-order valence-electron chi connectivity index (χ4n) is 8.91. The van der Waals surface area contributed by atoms with E-state index in [0.29, 0.717) is 22.1 Å². The van der Waals surface area contributed by atoms with Crippen molar-refractivity contribution in [2.45, 2.75) is 19.6 Å². The molecule has 0 radical (unpaired) electrons. The predicted octanol–water partition coefficient (Wildman–Crippen LogP) is 12.2. The number of phenols is 2. The Hall–Kier alpha value is -9.74. The lowest BCUT2D eigenvalue weighted by Crippen LogP contribution is -2.08. The smallest absolute Gasteiger partial charge is 0.296 e. The molecule has 0 fully saturated rings. The zero-order valence-electron chi connectivity index (χ0n) is 42.7. The Balaban J connectivity index is 0.801. The second-order valence-corrected chi connectivity index (χ2v) is 24.4. The van der Waals surface area contributed by atoms with Gasteiger partial charge in [-0.3, -0.25) is 18.2 Å². The van der Waals surface area contributed by atoms with Crippen LogP contribution in [0.25, 0.3) is 43.1 Å². The SMILES string of the molecule is O=S(=O)(O)c1cc2cc(N=Nc3cccc4cccc(S(=O)(=O)O)c34)ccc2c(O)c1Nc1nc(Cl)nc(Nc2ccc(Nc3nc(Cl)nc(Nc4c(S(=O)(=O)O)cc5cc(N=Nc6cccc7cccc(S(=O)(=O)O)c67)ccc5c4O)n3)cc2)n1. The highest BCUT2D eigenvalue weighted by Crippen LogP contribution is 2.44. The Morgan fingerprint density at radius 3 is 1.05 bits per heavy atom. The number of anilines is 8. The first-order valence-electron chi connectivity index (χ1n) is 24.1. The molecule has 0 saturated carbocycles. The summed E-state index contributed by atoms with van der Waals surface area (Å²) >= 11 is 12.5. The third-order valence-corrected chi connectivity index (χ3v) is 16.4. The second-order valence-electron chi connectivity index (χ2n) is 18.2. The van der Waals surface area contributed by atoms with Gasteiger partial charge < -0.3 is 31.5 Å². The van der Waals surface area contributed by atoms with Crippen molar-refractivity contribution in [3.8, 4) is 11.5 Å². The number of rotatable bonds is 16. The normalized spacial score (nSPS) is 12.4. The number of nitrogens with one attached hydrogen (secondary N) is 4. The van der Waals surface area contributed by atoms with Gasteiger partial charge in [-0.2, -0.15) is 73.8 Å².